The average Bonchev–Trinajstić information content (AvgIpc) is 2.37. The third-order valence-corrected chi connectivity index (χ3v) is 2.94. The predicted molar refractivity (Wildman–Crippen MR) is 77.4 cm³/mol. The van der Waals surface area contributed by atoms with Crippen LogP contribution >= 0.6 is 11.6 Å². The quantitative estimate of drug-likeness (QED) is 0.820. The summed E-state index contributed by atoms with van der Waals surface area (Å²) in [5.41, 5.74) is -1.33. The van der Waals surface area contributed by atoms with Crippen molar-refractivity contribution in [2.75, 3.05) is 6.61 Å². The monoisotopic (exact) mass is 296 g/mol. The van der Waals surface area contributed by atoms with Crippen LogP contribution in [-0.4, -0.2) is 29.1 Å². The summed E-state index contributed by atoms with van der Waals surface area (Å²) in [6, 6.07) is 6.97. The van der Waals surface area contributed by atoms with Gasteiger partial charge < -0.3 is 9.84 Å². The molecule has 108 valence electrons. The highest BCUT2D eigenvalue weighted by Gasteiger charge is 2.36. The summed E-state index contributed by atoms with van der Waals surface area (Å²) in [7, 11) is 0. The fourth-order valence-electron chi connectivity index (χ4n) is 1.67. The number of halogens is 1. The highest BCUT2D eigenvalue weighted by molar-refractivity contribution is 6.32. The number of carbonyl (C=O) groups excluding carboxylic acids is 2. The molecule has 0 aliphatic carbocycles. The molecule has 0 radical (unpaired) electrons. The molecule has 1 rings (SSSR count). The van der Waals surface area contributed by atoms with Crippen LogP contribution in [0.2, 0.25) is 5.02 Å². The summed E-state index contributed by atoms with van der Waals surface area (Å²) in [6.45, 7) is 3.05. The molecule has 0 fully saturated rings. The second-order valence-corrected chi connectivity index (χ2v) is 4.79. The number of hydrogen-bond donors (Lipinski definition) is 1. The molecule has 5 heteroatoms. The number of benzene rings is 1. The summed E-state index contributed by atoms with van der Waals surface area (Å²) < 4.78 is 4.80. The van der Waals surface area contributed by atoms with Gasteiger partial charge in [0.1, 0.15) is 5.78 Å². The number of ketones is 1. The van der Waals surface area contributed by atoms with Crippen LogP contribution < -0.4 is 0 Å². The Morgan fingerprint density at radius 3 is 2.60 bits per heavy atom. The molecule has 0 saturated heterocycles. The highest BCUT2D eigenvalue weighted by atomic mass is 35.5. The van der Waals surface area contributed by atoms with Crippen LogP contribution in [-0.2, 0) is 14.3 Å². The van der Waals surface area contributed by atoms with Crippen molar-refractivity contribution in [1.82, 2.24) is 0 Å². The van der Waals surface area contributed by atoms with Crippen molar-refractivity contribution in [2.45, 2.75) is 25.9 Å². The highest BCUT2D eigenvalue weighted by Crippen LogP contribution is 2.21. The van der Waals surface area contributed by atoms with Crippen LogP contribution in [0.4, 0.5) is 0 Å². The maximum absolute atomic E-state index is 11.8. The van der Waals surface area contributed by atoms with Gasteiger partial charge in [0.15, 0.2) is 5.60 Å². The minimum absolute atomic E-state index is 0.124. The third kappa shape index (κ3) is 4.47. The van der Waals surface area contributed by atoms with Gasteiger partial charge >= 0.3 is 5.97 Å². The van der Waals surface area contributed by atoms with Gasteiger partial charge in [0.05, 0.1) is 6.61 Å². The fourth-order valence-corrected chi connectivity index (χ4v) is 1.87. The molecule has 20 heavy (non-hydrogen) atoms. The molecule has 0 unspecified atom stereocenters. The minimum Gasteiger partial charge on any atom is -0.464 e. The Morgan fingerprint density at radius 2 is 2.05 bits per heavy atom. The van der Waals surface area contributed by atoms with Crippen LogP contribution in [0.25, 0.3) is 6.08 Å². The largest absolute Gasteiger partial charge is 0.464 e. The molecule has 4 nitrogen and oxygen atoms in total. The lowest BCUT2D eigenvalue weighted by molar-refractivity contribution is -0.161. The molecular weight excluding hydrogens is 280 g/mol. The van der Waals surface area contributed by atoms with Crippen LogP contribution in [0.15, 0.2) is 30.3 Å². The first-order valence-electron chi connectivity index (χ1n) is 6.22. The lowest BCUT2D eigenvalue weighted by Gasteiger charge is -2.21. The number of hydrogen-bond acceptors (Lipinski definition) is 4. The van der Waals surface area contributed by atoms with Gasteiger partial charge in [-0.3, -0.25) is 4.79 Å². The van der Waals surface area contributed by atoms with Crippen molar-refractivity contribution >= 4 is 29.4 Å². The molecule has 0 aromatic heterocycles. The number of Topliss-reactive ketones (excluding diaryl/α,β-unsaturated/α-hetero) is 1. The molecule has 1 N–H and O–H groups in total. The molecule has 1 atom stereocenters. The van der Waals surface area contributed by atoms with E-state index in [1.807, 2.05) is 0 Å². The van der Waals surface area contributed by atoms with E-state index < -0.39 is 11.6 Å². The first kappa shape index (κ1) is 16.4. The molecular formula is C15H17ClO4. The number of carbonyl (C=O) groups is 2. The van der Waals surface area contributed by atoms with Gasteiger partial charge in [-0.25, -0.2) is 4.79 Å². The Morgan fingerprint density at radius 1 is 1.40 bits per heavy atom. The Kier molecular flexibility index (Phi) is 5.92. The smallest absolute Gasteiger partial charge is 0.342 e. The van der Waals surface area contributed by atoms with E-state index in [1.165, 1.54) is 19.1 Å². The van der Waals surface area contributed by atoms with E-state index in [0.29, 0.717) is 10.6 Å². The molecule has 0 aliphatic rings. The maximum atomic E-state index is 11.8. The van der Waals surface area contributed by atoms with E-state index in [4.69, 9.17) is 16.3 Å². The van der Waals surface area contributed by atoms with Crippen molar-refractivity contribution in [2.24, 2.45) is 0 Å². The topological polar surface area (TPSA) is 63.6 Å². The Labute approximate surface area is 123 Å². The number of esters is 1. The molecule has 0 heterocycles. The summed E-state index contributed by atoms with van der Waals surface area (Å²) in [5, 5.41) is 10.8. The summed E-state index contributed by atoms with van der Waals surface area (Å²) >= 11 is 5.98. The molecule has 1 aromatic rings. The van der Waals surface area contributed by atoms with Crippen molar-refractivity contribution in [3.8, 4) is 0 Å². The van der Waals surface area contributed by atoms with Gasteiger partial charge in [-0.2, -0.15) is 0 Å². The van der Waals surface area contributed by atoms with Crippen molar-refractivity contribution in [3.63, 3.8) is 0 Å². The van der Waals surface area contributed by atoms with Gasteiger partial charge in [-0.15, -0.1) is 0 Å². The van der Waals surface area contributed by atoms with Gasteiger partial charge in [0, 0.05) is 11.4 Å². The fraction of sp³-hybridized carbons (Fsp3) is 0.333. The molecule has 0 spiro atoms. The number of aliphatic hydroxyl groups is 1. The van der Waals surface area contributed by atoms with E-state index in [1.54, 1.807) is 31.2 Å². The van der Waals surface area contributed by atoms with Crippen molar-refractivity contribution < 1.29 is 19.4 Å². The Hall–Kier alpha value is -1.65. The SMILES string of the molecule is CCOC(=O)[C@@](O)(/C=C/c1ccccc1Cl)CC(C)=O. The third-order valence-electron chi connectivity index (χ3n) is 2.59. The summed E-state index contributed by atoms with van der Waals surface area (Å²) in [5.74, 6) is -1.16. The minimum atomic E-state index is -1.97. The van der Waals surface area contributed by atoms with Crippen molar-refractivity contribution in [1.29, 1.82) is 0 Å². The summed E-state index contributed by atoms with van der Waals surface area (Å²) in [4.78, 5) is 23.0. The van der Waals surface area contributed by atoms with E-state index in [2.05, 4.69) is 0 Å². The lowest BCUT2D eigenvalue weighted by atomic mass is 9.96. The number of rotatable bonds is 6. The van der Waals surface area contributed by atoms with Gasteiger partial charge in [-0.05, 0) is 31.6 Å². The molecule has 0 bridgehead atoms. The van der Waals surface area contributed by atoms with Gasteiger partial charge in [0.25, 0.3) is 0 Å². The zero-order valence-corrected chi connectivity index (χ0v) is 12.2. The first-order valence-corrected chi connectivity index (χ1v) is 6.59. The zero-order chi connectivity index (χ0) is 15.2. The zero-order valence-electron chi connectivity index (χ0n) is 11.4. The maximum Gasteiger partial charge on any atom is 0.342 e. The molecule has 0 aliphatic heterocycles. The van der Waals surface area contributed by atoms with Crippen LogP contribution in [0, 0.1) is 0 Å². The normalized spacial score (nSPS) is 14.0. The molecule has 1 aromatic carbocycles. The van der Waals surface area contributed by atoms with E-state index in [-0.39, 0.29) is 18.8 Å². The van der Waals surface area contributed by atoms with E-state index in [0.717, 1.165) is 0 Å². The first-order chi connectivity index (χ1) is 9.39. The average molecular weight is 297 g/mol. The Balaban J connectivity index is 3.03. The second kappa shape index (κ2) is 7.22. The van der Waals surface area contributed by atoms with Crippen LogP contribution in [0.3, 0.4) is 0 Å². The van der Waals surface area contributed by atoms with Crippen molar-refractivity contribution in [3.05, 3.63) is 40.9 Å². The lowest BCUT2D eigenvalue weighted by Crippen LogP contribution is -2.39. The second-order valence-electron chi connectivity index (χ2n) is 4.38. The van der Waals surface area contributed by atoms with Gasteiger partial charge in [0.2, 0.25) is 0 Å². The Bertz CT molecular complexity index is 524. The summed E-state index contributed by atoms with van der Waals surface area (Å²) in [6.07, 6.45) is 2.41. The molecule has 0 amide bonds. The van der Waals surface area contributed by atoms with Crippen LogP contribution in [0.1, 0.15) is 25.8 Å². The standard InChI is InChI=1S/C15H17ClO4/c1-3-20-14(18)15(19,10-11(2)17)9-8-12-6-4-5-7-13(12)16/h4-9,19H,3,10H2,1-2H3/b9-8+/t15-/m1/s1. The number of ether oxygens (including phenoxy) is 1. The van der Waals surface area contributed by atoms with E-state index >= 15 is 0 Å². The van der Waals surface area contributed by atoms with Crippen LogP contribution in [0.5, 0.6) is 0 Å². The predicted octanol–water partition coefficient (Wildman–Crippen LogP) is 2.63. The molecule has 0 saturated carbocycles. The van der Waals surface area contributed by atoms with E-state index in [9.17, 15) is 14.7 Å². The van der Waals surface area contributed by atoms with Gasteiger partial charge in [-0.1, -0.05) is 35.9 Å².